The maximum Gasteiger partial charge on any atom is 0.340 e. The lowest BCUT2D eigenvalue weighted by Gasteiger charge is -2.35. The molecule has 1 aromatic heterocycles. The molecule has 9 heteroatoms. The van der Waals surface area contributed by atoms with E-state index >= 15 is 0 Å². The van der Waals surface area contributed by atoms with Gasteiger partial charge in [-0.1, -0.05) is 12.1 Å². The lowest BCUT2D eigenvalue weighted by Crippen LogP contribution is -2.47. The number of hydrogen-bond donors (Lipinski definition) is 3. The third kappa shape index (κ3) is 5.24. The van der Waals surface area contributed by atoms with Crippen LogP contribution in [0.3, 0.4) is 0 Å². The second-order valence-corrected chi connectivity index (χ2v) is 6.65. The number of benzene rings is 1. The normalized spacial score (nSPS) is 17.8. The maximum absolute atomic E-state index is 13.8. The second-order valence-electron chi connectivity index (χ2n) is 6.65. The lowest BCUT2D eigenvalue weighted by atomic mass is 10.1. The van der Waals surface area contributed by atoms with Crippen LogP contribution in [0, 0.1) is 12.7 Å². The topological polar surface area (TPSA) is 103 Å². The van der Waals surface area contributed by atoms with E-state index in [-0.39, 0.29) is 23.5 Å². The zero-order chi connectivity index (χ0) is 19.2. The Morgan fingerprint density at radius 2 is 2.33 bits per heavy atom. The smallest absolute Gasteiger partial charge is 0.340 e. The molecule has 0 aliphatic carbocycles. The molecule has 2 aromatic rings. The van der Waals surface area contributed by atoms with E-state index in [0.29, 0.717) is 57.1 Å². The van der Waals surface area contributed by atoms with E-state index in [0.717, 1.165) is 5.56 Å². The van der Waals surface area contributed by atoms with Crippen molar-refractivity contribution in [1.82, 2.24) is 25.4 Å². The Morgan fingerprint density at radius 1 is 1.48 bits per heavy atom. The molecule has 1 amide bonds. The van der Waals surface area contributed by atoms with Crippen LogP contribution in [0.15, 0.2) is 23.0 Å². The van der Waals surface area contributed by atoms with Crippen LogP contribution in [0.4, 0.5) is 4.39 Å². The molecule has 2 heterocycles. The van der Waals surface area contributed by atoms with Crippen molar-refractivity contribution in [3.8, 4) is 0 Å². The first-order valence-electron chi connectivity index (χ1n) is 8.99. The van der Waals surface area contributed by atoms with Crippen molar-refractivity contribution in [2.75, 3.05) is 26.3 Å². The van der Waals surface area contributed by atoms with Gasteiger partial charge in [0.15, 0.2) is 0 Å². The number of aromatic nitrogens is 3. The maximum atomic E-state index is 13.8. The van der Waals surface area contributed by atoms with Crippen LogP contribution in [-0.2, 0) is 22.5 Å². The monoisotopic (exact) mass is 377 g/mol. The summed E-state index contributed by atoms with van der Waals surface area (Å²) in [6.07, 6.45) is 0.739. The molecule has 0 spiro atoms. The van der Waals surface area contributed by atoms with Gasteiger partial charge in [0.25, 0.3) is 0 Å². The van der Waals surface area contributed by atoms with Crippen molar-refractivity contribution in [1.29, 1.82) is 0 Å². The Morgan fingerprint density at radius 3 is 3.11 bits per heavy atom. The van der Waals surface area contributed by atoms with Crippen molar-refractivity contribution in [2.24, 2.45) is 0 Å². The Labute approximate surface area is 156 Å². The highest BCUT2D eigenvalue weighted by Gasteiger charge is 2.26. The van der Waals surface area contributed by atoms with Crippen LogP contribution in [-0.4, -0.2) is 58.3 Å². The molecular weight excluding hydrogens is 353 g/mol. The molecule has 1 aromatic carbocycles. The first-order chi connectivity index (χ1) is 13.0. The number of halogens is 1. The summed E-state index contributed by atoms with van der Waals surface area (Å²) in [5.41, 5.74) is 1.20. The van der Waals surface area contributed by atoms with E-state index in [4.69, 9.17) is 4.74 Å². The van der Waals surface area contributed by atoms with Crippen LogP contribution < -0.4 is 11.0 Å². The number of carbonyl (C=O) groups excluding carboxylic acids is 1. The zero-order valence-corrected chi connectivity index (χ0v) is 15.3. The second kappa shape index (κ2) is 8.92. The summed E-state index contributed by atoms with van der Waals surface area (Å²) >= 11 is 0. The molecule has 1 fully saturated rings. The number of H-pyrrole nitrogens is 2. The molecule has 0 bridgehead atoms. The average Bonchev–Trinajstić information content (AvgIpc) is 3.06. The van der Waals surface area contributed by atoms with Gasteiger partial charge in [-0.15, -0.1) is 0 Å². The summed E-state index contributed by atoms with van der Waals surface area (Å²) in [5.74, 6) is 0.195. The quantitative estimate of drug-likeness (QED) is 0.652. The van der Waals surface area contributed by atoms with E-state index in [9.17, 15) is 14.0 Å². The Kier molecular flexibility index (Phi) is 6.36. The number of amides is 1. The largest absolute Gasteiger partial charge is 0.378 e. The van der Waals surface area contributed by atoms with Gasteiger partial charge in [-0.3, -0.25) is 14.7 Å². The minimum absolute atomic E-state index is 0.0633. The predicted octanol–water partition coefficient (Wildman–Crippen LogP) is 0.495. The fourth-order valence-electron chi connectivity index (χ4n) is 3.16. The molecule has 27 heavy (non-hydrogen) atoms. The van der Waals surface area contributed by atoms with E-state index < -0.39 is 0 Å². The molecule has 0 radical (unpaired) electrons. The molecule has 1 unspecified atom stereocenters. The highest BCUT2D eigenvalue weighted by Crippen LogP contribution is 2.19. The number of nitrogens with zero attached hydrogens (tertiary/aromatic N) is 2. The van der Waals surface area contributed by atoms with Gasteiger partial charge in [0, 0.05) is 38.5 Å². The number of morpholine rings is 1. The van der Waals surface area contributed by atoms with Gasteiger partial charge >= 0.3 is 5.69 Å². The van der Waals surface area contributed by atoms with Crippen molar-refractivity contribution in [2.45, 2.75) is 32.4 Å². The van der Waals surface area contributed by atoms with Gasteiger partial charge in [0.05, 0.1) is 13.2 Å². The summed E-state index contributed by atoms with van der Waals surface area (Å²) in [6.45, 7) is 4.50. The molecule has 1 saturated heterocycles. The highest BCUT2D eigenvalue weighted by molar-refractivity contribution is 5.76. The summed E-state index contributed by atoms with van der Waals surface area (Å²) in [4.78, 5) is 28.0. The number of ether oxygens (including phenoxy) is 1. The van der Waals surface area contributed by atoms with Crippen LogP contribution in [0.5, 0.6) is 0 Å². The summed E-state index contributed by atoms with van der Waals surface area (Å²) < 4.78 is 19.3. The highest BCUT2D eigenvalue weighted by atomic mass is 19.1. The van der Waals surface area contributed by atoms with Gasteiger partial charge in [0.1, 0.15) is 11.6 Å². The van der Waals surface area contributed by atoms with E-state index in [1.54, 1.807) is 13.0 Å². The predicted molar refractivity (Wildman–Crippen MR) is 96.7 cm³/mol. The van der Waals surface area contributed by atoms with E-state index in [2.05, 4.69) is 25.4 Å². The van der Waals surface area contributed by atoms with Crippen LogP contribution in [0.1, 0.15) is 23.4 Å². The average molecular weight is 377 g/mol. The Bertz CT molecular complexity index is 834. The first kappa shape index (κ1) is 19.2. The molecule has 1 aliphatic rings. The number of aromatic amines is 2. The van der Waals surface area contributed by atoms with Gasteiger partial charge in [-0.05, 0) is 24.1 Å². The first-order valence-corrected chi connectivity index (χ1v) is 8.99. The third-order valence-electron chi connectivity index (χ3n) is 4.76. The summed E-state index contributed by atoms with van der Waals surface area (Å²) in [6, 6.07) is 5.01. The minimum Gasteiger partial charge on any atom is -0.378 e. The van der Waals surface area contributed by atoms with Crippen LogP contribution >= 0.6 is 0 Å². The molecule has 0 saturated carbocycles. The number of carbonyl (C=O) groups is 1. The Hall–Kier alpha value is -2.52. The molecule has 3 rings (SSSR count). The van der Waals surface area contributed by atoms with Crippen LogP contribution in [0.2, 0.25) is 0 Å². The minimum atomic E-state index is -0.362. The van der Waals surface area contributed by atoms with E-state index in [1.807, 2.05) is 6.07 Å². The Balaban J connectivity index is 1.52. The molecule has 146 valence electrons. The molecule has 8 nitrogen and oxygen atoms in total. The zero-order valence-electron chi connectivity index (χ0n) is 15.3. The molecule has 1 atom stereocenters. The number of nitrogens with one attached hydrogen (secondary N) is 3. The third-order valence-corrected chi connectivity index (χ3v) is 4.76. The van der Waals surface area contributed by atoms with Crippen molar-refractivity contribution in [3.63, 3.8) is 0 Å². The fraction of sp³-hybridized carbons (Fsp3) is 0.500. The van der Waals surface area contributed by atoms with Gasteiger partial charge in [-0.2, -0.15) is 5.10 Å². The number of hydrogen-bond acceptors (Lipinski definition) is 5. The molecular formula is C18H24FN5O3. The van der Waals surface area contributed by atoms with E-state index in [1.165, 1.54) is 6.07 Å². The lowest BCUT2D eigenvalue weighted by molar-refractivity contribution is -0.124. The van der Waals surface area contributed by atoms with Crippen molar-refractivity contribution in [3.05, 3.63) is 51.5 Å². The van der Waals surface area contributed by atoms with Crippen LogP contribution in [0.25, 0.3) is 0 Å². The van der Waals surface area contributed by atoms with Crippen molar-refractivity contribution >= 4 is 5.91 Å². The summed E-state index contributed by atoms with van der Waals surface area (Å²) in [7, 11) is 0. The molecule has 1 aliphatic heterocycles. The van der Waals surface area contributed by atoms with Gasteiger partial charge in [0.2, 0.25) is 5.91 Å². The molecule has 3 N–H and O–H groups in total. The SMILES string of the molecule is Cc1c(F)cccc1CN1CCOCC1CC(=O)NCCc1n[nH]c(=O)[nH]1. The number of rotatable bonds is 7. The van der Waals surface area contributed by atoms with Gasteiger partial charge in [-0.25, -0.2) is 14.3 Å². The summed E-state index contributed by atoms with van der Waals surface area (Å²) in [5, 5.41) is 8.92. The standard InChI is InChI=1S/C18H24FN5O3/c1-12-13(3-2-4-15(12)19)10-24-7-8-27-11-14(24)9-17(25)20-6-5-16-21-18(26)23-22-16/h2-4,14H,5-11H2,1H3,(H,20,25)(H2,21,22,23,26). The fourth-order valence-corrected chi connectivity index (χ4v) is 3.16. The van der Waals surface area contributed by atoms with Crippen molar-refractivity contribution < 1.29 is 13.9 Å². The van der Waals surface area contributed by atoms with Gasteiger partial charge < -0.3 is 10.1 Å².